The highest BCUT2D eigenvalue weighted by molar-refractivity contribution is 7.09. The Bertz CT molecular complexity index is 227. The molecule has 0 aliphatic heterocycles. The zero-order chi connectivity index (χ0) is 9.52. The lowest BCUT2D eigenvalue weighted by molar-refractivity contribution is 0.146. The number of rotatable bonds is 5. The van der Waals surface area contributed by atoms with Crippen molar-refractivity contribution in [1.82, 2.24) is 0 Å². The second-order valence-electron chi connectivity index (χ2n) is 2.79. The van der Waals surface area contributed by atoms with Crippen LogP contribution in [0.15, 0.2) is 30.3 Å². The predicted octanol–water partition coefficient (Wildman–Crippen LogP) is 2.90. The first-order chi connectivity index (χ1) is 6.36. The van der Waals surface area contributed by atoms with Gasteiger partial charge in [-0.15, -0.1) is 0 Å². The van der Waals surface area contributed by atoms with Crippen LogP contribution in [0.1, 0.15) is 14.8 Å². The van der Waals surface area contributed by atoms with E-state index >= 15 is 0 Å². The van der Waals surface area contributed by atoms with Gasteiger partial charge in [-0.3, -0.25) is 0 Å². The highest BCUT2D eigenvalue weighted by Crippen LogP contribution is 2.11. The minimum absolute atomic E-state index is 0. The minimum Gasteiger partial charge on any atom is -0.491 e. The lowest BCUT2D eigenvalue weighted by atomic mass is 10.3. The Morgan fingerprint density at radius 2 is 2.08 bits per heavy atom. The highest BCUT2D eigenvalue weighted by atomic mass is 31.0. The largest absolute Gasteiger partial charge is 0.491 e. The first kappa shape index (κ1) is 10.5. The van der Waals surface area contributed by atoms with E-state index in [1.54, 1.807) is 0 Å². The van der Waals surface area contributed by atoms with Crippen LogP contribution in [0.5, 0.6) is 5.75 Å². The average molecular weight is 202 g/mol. The molecule has 3 heteroatoms. The SMILES string of the molecule is CCC(COc1ccccc1)OP.[3HH]. The molecule has 0 N–H and O–H groups in total. The van der Waals surface area contributed by atoms with Crippen molar-refractivity contribution in [2.75, 3.05) is 6.61 Å². The molecule has 0 heterocycles. The van der Waals surface area contributed by atoms with Gasteiger partial charge in [0, 0.05) is 10.9 Å². The summed E-state index contributed by atoms with van der Waals surface area (Å²) >= 11 is 0. The monoisotopic (exact) mass is 202 g/mol. The molecular weight excluding hydrogens is 183 g/mol. The van der Waals surface area contributed by atoms with Crippen LogP contribution in [0.2, 0.25) is 0 Å². The third kappa shape index (κ3) is 3.75. The third-order valence-corrected chi connectivity index (χ3v) is 2.21. The summed E-state index contributed by atoms with van der Waals surface area (Å²) in [7, 11) is 2.27. The van der Waals surface area contributed by atoms with E-state index in [9.17, 15) is 0 Å². The molecule has 0 aromatic heterocycles. The molecule has 0 amide bonds. The minimum atomic E-state index is 0. The summed E-state index contributed by atoms with van der Waals surface area (Å²) in [5.41, 5.74) is 0. The molecule has 0 fully saturated rings. The van der Waals surface area contributed by atoms with Crippen molar-refractivity contribution in [2.45, 2.75) is 19.4 Å². The molecule has 2 atom stereocenters. The Morgan fingerprint density at radius 3 is 2.62 bits per heavy atom. The molecule has 0 aliphatic rings. The summed E-state index contributed by atoms with van der Waals surface area (Å²) in [6.07, 6.45) is 1.11. The molecule has 2 nitrogen and oxygen atoms in total. The number of hydrogen-bond donors (Lipinski definition) is 0. The smallest absolute Gasteiger partial charge is 0.119 e. The Kier molecular flexibility index (Phi) is 4.81. The summed E-state index contributed by atoms with van der Waals surface area (Å²) in [6, 6.07) is 9.76. The van der Waals surface area contributed by atoms with Gasteiger partial charge in [-0.25, -0.2) is 0 Å². The van der Waals surface area contributed by atoms with E-state index in [0.29, 0.717) is 6.61 Å². The molecule has 2 unspecified atom stereocenters. The molecule has 13 heavy (non-hydrogen) atoms. The van der Waals surface area contributed by atoms with Gasteiger partial charge in [0.15, 0.2) is 0 Å². The van der Waals surface area contributed by atoms with Gasteiger partial charge >= 0.3 is 0 Å². The maximum absolute atomic E-state index is 5.51. The van der Waals surface area contributed by atoms with Crippen molar-refractivity contribution >= 4 is 9.47 Å². The number of para-hydroxylation sites is 1. The van der Waals surface area contributed by atoms with Crippen molar-refractivity contribution in [2.24, 2.45) is 0 Å². The second kappa shape index (κ2) is 5.95. The van der Waals surface area contributed by atoms with Gasteiger partial charge in [0.25, 0.3) is 0 Å². The van der Waals surface area contributed by atoms with Crippen LogP contribution < -0.4 is 4.74 Å². The number of hydrogen-bond acceptors (Lipinski definition) is 2. The second-order valence-corrected chi connectivity index (χ2v) is 3.06. The first-order valence-electron chi connectivity index (χ1n) is 4.40. The van der Waals surface area contributed by atoms with Gasteiger partial charge in [0.05, 0.1) is 6.10 Å². The van der Waals surface area contributed by atoms with E-state index < -0.39 is 0 Å². The van der Waals surface area contributed by atoms with E-state index in [-0.39, 0.29) is 7.53 Å². The van der Waals surface area contributed by atoms with E-state index in [4.69, 9.17) is 9.26 Å². The van der Waals surface area contributed by atoms with Crippen LogP contribution in [0.3, 0.4) is 0 Å². The molecule has 0 bridgehead atoms. The zero-order valence-electron chi connectivity index (χ0n) is 7.77. The fourth-order valence-corrected chi connectivity index (χ4v) is 1.23. The van der Waals surface area contributed by atoms with Crippen LogP contribution in [-0.2, 0) is 4.52 Å². The highest BCUT2D eigenvalue weighted by Gasteiger charge is 2.04. The fraction of sp³-hybridized carbons (Fsp3) is 0.400. The van der Waals surface area contributed by atoms with Crippen LogP contribution in [0, 0.1) is 0 Å². The first-order valence-corrected chi connectivity index (χ1v) is 4.87. The van der Waals surface area contributed by atoms with Crippen LogP contribution in [0.25, 0.3) is 0 Å². The summed E-state index contributed by atoms with van der Waals surface area (Å²) < 4.78 is 10.6. The summed E-state index contributed by atoms with van der Waals surface area (Å²) in [5, 5.41) is 0. The van der Waals surface area contributed by atoms with E-state index in [2.05, 4.69) is 16.4 Å². The van der Waals surface area contributed by atoms with Gasteiger partial charge in [-0.1, -0.05) is 25.1 Å². The van der Waals surface area contributed by atoms with Gasteiger partial charge < -0.3 is 9.26 Å². The van der Waals surface area contributed by atoms with Crippen molar-refractivity contribution in [3.8, 4) is 5.75 Å². The fourth-order valence-electron chi connectivity index (χ4n) is 0.959. The summed E-state index contributed by atoms with van der Waals surface area (Å²) in [4.78, 5) is 0. The standard InChI is InChI=1S/C10H15O2P.H2/c1-2-9(12-13)8-11-10-6-4-3-5-7-10;/h3-7,9H,2,8,13H2,1H3;1H/i;1+2. The molecule has 0 saturated carbocycles. The molecule has 0 saturated heterocycles. The van der Waals surface area contributed by atoms with E-state index in [0.717, 1.165) is 12.2 Å². The zero-order valence-corrected chi connectivity index (χ0v) is 8.93. The molecule has 74 valence electrons. The van der Waals surface area contributed by atoms with Crippen molar-refractivity contribution in [1.29, 1.82) is 0 Å². The molecule has 0 radical (unpaired) electrons. The average Bonchev–Trinajstić information content (AvgIpc) is 2.21. The third-order valence-electron chi connectivity index (χ3n) is 1.83. The van der Waals surface area contributed by atoms with Crippen molar-refractivity contribution in [3.63, 3.8) is 0 Å². The van der Waals surface area contributed by atoms with Crippen LogP contribution >= 0.6 is 9.47 Å². The number of ether oxygens (including phenoxy) is 1. The molecular formula is C10H17O2P. The topological polar surface area (TPSA) is 18.5 Å². The maximum atomic E-state index is 5.51. The van der Waals surface area contributed by atoms with E-state index in [1.807, 2.05) is 30.3 Å². The van der Waals surface area contributed by atoms with Gasteiger partial charge in [-0.05, 0) is 18.6 Å². The maximum Gasteiger partial charge on any atom is 0.119 e. The van der Waals surface area contributed by atoms with Crippen molar-refractivity contribution in [3.05, 3.63) is 30.3 Å². The van der Waals surface area contributed by atoms with Gasteiger partial charge in [-0.2, -0.15) is 0 Å². The molecule has 1 aromatic rings. The number of benzene rings is 1. The summed E-state index contributed by atoms with van der Waals surface area (Å²) in [5.74, 6) is 0.892. The Balaban J connectivity index is 0.00000169. The molecule has 1 rings (SSSR count). The Hall–Kier alpha value is -0.590. The molecule has 0 spiro atoms. The van der Waals surface area contributed by atoms with Crippen LogP contribution in [-0.4, -0.2) is 12.7 Å². The predicted molar refractivity (Wildman–Crippen MR) is 58.9 cm³/mol. The lowest BCUT2D eigenvalue weighted by Crippen LogP contribution is -2.16. The van der Waals surface area contributed by atoms with Gasteiger partial charge in [0.2, 0.25) is 0 Å². The van der Waals surface area contributed by atoms with E-state index in [1.165, 1.54) is 0 Å². The van der Waals surface area contributed by atoms with Crippen LogP contribution in [0.4, 0.5) is 0 Å². The normalized spacial score (nSPS) is 12.5. The Morgan fingerprint density at radius 1 is 1.38 bits per heavy atom. The van der Waals surface area contributed by atoms with Crippen molar-refractivity contribution < 1.29 is 10.7 Å². The summed E-state index contributed by atoms with van der Waals surface area (Å²) in [6.45, 7) is 2.67. The quantitative estimate of drug-likeness (QED) is 0.683. The molecule has 1 aromatic carbocycles. The molecule has 0 aliphatic carbocycles. The lowest BCUT2D eigenvalue weighted by Gasteiger charge is -2.13. The van der Waals surface area contributed by atoms with Gasteiger partial charge in [0.1, 0.15) is 12.4 Å². The Labute approximate surface area is 83.0 Å².